The van der Waals surface area contributed by atoms with E-state index in [-0.39, 0.29) is 5.41 Å². The molecule has 1 nitrogen and oxygen atoms in total. The molecule has 0 radical (unpaired) electrons. The third-order valence-corrected chi connectivity index (χ3v) is 1.69. The van der Waals surface area contributed by atoms with E-state index in [4.69, 9.17) is 11.6 Å². The highest BCUT2D eigenvalue weighted by atomic mass is 35.5. The van der Waals surface area contributed by atoms with Crippen LogP contribution in [0.3, 0.4) is 0 Å². The van der Waals surface area contributed by atoms with Gasteiger partial charge in [0.05, 0.1) is 6.54 Å². The molecule has 64 valence electrons. The van der Waals surface area contributed by atoms with Crippen molar-refractivity contribution >= 4 is 17.3 Å². The lowest BCUT2D eigenvalue weighted by Gasteiger charge is -2.17. The Kier molecular flexibility index (Phi) is 3.81. The van der Waals surface area contributed by atoms with E-state index in [2.05, 4.69) is 32.3 Å². The standard InChI is InChI=1S/C9H16ClN/c1-7(10)6-11-8(2)9(3,4)5/h1,6H2,2-5H3. The van der Waals surface area contributed by atoms with Crippen LogP contribution in [0.15, 0.2) is 16.6 Å². The lowest BCUT2D eigenvalue weighted by atomic mass is 9.91. The molecule has 0 aliphatic rings. The first-order valence-corrected chi connectivity index (χ1v) is 4.06. The van der Waals surface area contributed by atoms with Gasteiger partial charge in [-0.2, -0.15) is 0 Å². The first-order valence-electron chi connectivity index (χ1n) is 3.69. The number of halogens is 1. The van der Waals surface area contributed by atoms with Gasteiger partial charge in [-0.3, -0.25) is 4.99 Å². The molecule has 0 rings (SSSR count). The summed E-state index contributed by atoms with van der Waals surface area (Å²) in [5, 5.41) is 0.591. The summed E-state index contributed by atoms with van der Waals surface area (Å²) in [6, 6.07) is 0. The Morgan fingerprint density at radius 1 is 1.45 bits per heavy atom. The number of hydrogen-bond acceptors (Lipinski definition) is 1. The van der Waals surface area contributed by atoms with Crippen molar-refractivity contribution < 1.29 is 0 Å². The van der Waals surface area contributed by atoms with Crippen molar-refractivity contribution in [2.24, 2.45) is 10.4 Å². The van der Waals surface area contributed by atoms with Crippen molar-refractivity contribution in [2.75, 3.05) is 6.54 Å². The monoisotopic (exact) mass is 173 g/mol. The smallest absolute Gasteiger partial charge is 0.0739 e. The molecule has 0 saturated heterocycles. The average molecular weight is 174 g/mol. The van der Waals surface area contributed by atoms with Crippen molar-refractivity contribution in [3.8, 4) is 0 Å². The van der Waals surface area contributed by atoms with Crippen LogP contribution in [0.4, 0.5) is 0 Å². The Labute approximate surface area is 74.2 Å². The molecule has 0 aromatic heterocycles. The molecule has 0 heterocycles. The van der Waals surface area contributed by atoms with Crippen LogP contribution in [-0.4, -0.2) is 12.3 Å². The maximum absolute atomic E-state index is 5.57. The number of aliphatic imine (C=N–C) groups is 1. The maximum Gasteiger partial charge on any atom is 0.0739 e. The Bertz CT molecular complexity index is 174. The minimum absolute atomic E-state index is 0.145. The predicted octanol–water partition coefficient (Wildman–Crippen LogP) is 3.25. The van der Waals surface area contributed by atoms with Gasteiger partial charge in [0.25, 0.3) is 0 Å². The fourth-order valence-corrected chi connectivity index (χ4v) is 0.501. The third kappa shape index (κ3) is 5.02. The maximum atomic E-state index is 5.57. The SMILES string of the molecule is C=C(Cl)CN=C(C)C(C)(C)C. The van der Waals surface area contributed by atoms with Gasteiger partial charge >= 0.3 is 0 Å². The van der Waals surface area contributed by atoms with Crippen molar-refractivity contribution in [3.05, 3.63) is 11.6 Å². The summed E-state index contributed by atoms with van der Waals surface area (Å²) in [5.74, 6) is 0. The lowest BCUT2D eigenvalue weighted by molar-refractivity contribution is 0.586. The summed E-state index contributed by atoms with van der Waals surface area (Å²) in [6.45, 7) is 12.5. The van der Waals surface area contributed by atoms with Gasteiger partial charge < -0.3 is 0 Å². The molecule has 0 aromatic carbocycles. The average Bonchev–Trinajstić information content (AvgIpc) is 1.80. The second-order valence-electron chi connectivity index (χ2n) is 3.67. The van der Waals surface area contributed by atoms with Crippen molar-refractivity contribution in [3.63, 3.8) is 0 Å². The van der Waals surface area contributed by atoms with Crippen LogP contribution in [0, 0.1) is 5.41 Å². The van der Waals surface area contributed by atoms with Gasteiger partial charge in [0.15, 0.2) is 0 Å². The Morgan fingerprint density at radius 3 is 2.18 bits per heavy atom. The van der Waals surface area contributed by atoms with Crippen molar-refractivity contribution in [1.82, 2.24) is 0 Å². The van der Waals surface area contributed by atoms with Gasteiger partial charge in [-0.1, -0.05) is 39.0 Å². The molecule has 0 bridgehead atoms. The zero-order valence-electron chi connectivity index (χ0n) is 7.74. The van der Waals surface area contributed by atoms with Crippen LogP contribution in [0.25, 0.3) is 0 Å². The van der Waals surface area contributed by atoms with Gasteiger partial charge in [-0.15, -0.1) is 0 Å². The molecule has 0 spiro atoms. The van der Waals surface area contributed by atoms with E-state index in [1.54, 1.807) is 0 Å². The zero-order chi connectivity index (χ0) is 9.07. The van der Waals surface area contributed by atoms with Crippen LogP contribution < -0.4 is 0 Å². The number of nitrogens with zero attached hydrogens (tertiary/aromatic N) is 1. The van der Waals surface area contributed by atoms with Crippen LogP contribution in [0.5, 0.6) is 0 Å². The molecule has 0 saturated carbocycles. The fourth-order valence-electron chi connectivity index (χ4n) is 0.442. The summed E-state index contributed by atoms with van der Waals surface area (Å²) >= 11 is 5.57. The molecule has 0 unspecified atom stereocenters. The largest absolute Gasteiger partial charge is 0.288 e. The molecule has 0 aliphatic heterocycles. The van der Waals surface area contributed by atoms with Crippen molar-refractivity contribution in [2.45, 2.75) is 27.7 Å². The second kappa shape index (κ2) is 3.91. The Balaban J connectivity index is 4.12. The summed E-state index contributed by atoms with van der Waals surface area (Å²) in [7, 11) is 0. The normalized spacial score (nSPS) is 13.4. The van der Waals surface area contributed by atoms with Crippen molar-refractivity contribution in [1.29, 1.82) is 0 Å². The lowest BCUT2D eigenvalue weighted by Crippen LogP contribution is -2.17. The van der Waals surface area contributed by atoms with E-state index >= 15 is 0 Å². The van der Waals surface area contributed by atoms with E-state index < -0.39 is 0 Å². The first kappa shape index (κ1) is 10.7. The molecule has 0 N–H and O–H groups in total. The molecule has 0 fully saturated rings. The summed E-state index contributed by atoms with van der Waals surface area (Å²) in [4.78, 5) is 4.28. The summed E-state index contributed by atoms with van der Waals surface area (Å²) < 4.78 is 0. The summed E-state index contributed by atoms with van der Waals surface area (Å²) in [5.41, 5.74) is 1.26. The molecule has 2 heteroatoms. The van der Waals surface area contributed by atoms with E-state index in [1.807, 2.05) is 6.92 Å². The fraction of sp³-hybridized carbons (Fsp3) is 0.667. The molecule has 11 heavy (non-hydrogen) atoms. The van der Waals surface area contributed by atoms with E-state index in [0.29, 0.717) is 11.6 Å². The summed E-state index contributed by atoms with van der Waals surface area (Å²) in [6.07, 6.45) is 0. The second-order valence-corrected chi connectivity index (χ2v) is 4.20. The van der Waals surface area contributed by atoms with Gasteiger partial charge in [0.2, 0.25) is 0 Å². The van der Waals surface area contributed by atoms with Gasteiger partial charge in [-0.25, -0.2) is 0 Å². The highest BCUT2D eigenvalue weighted by Gasteiger charge is 2.13. The molecule has 0 aliphatic carbocycles. The third-order valence-electron chi connectivity index (χ3n) is 1.57. The van der Waals surface area contributed by atoms with E-state index in [9.17, 15) is 0 Å². The first-order chi connectivity index (χ1) is 4.84. The molecule has 0 amide bonds. The number of hydrogen-bond donors (Lipinski definition) is 0. The molecular formula is C9H16ClN. The quantitative estimate of drug-likeness (QED) is 0.569. The number of rotatable bonds is 2. The molecule has 0 atom stereocenters. The minimum atomic E-state index is 0.145. The van der Waals surface area contributed by atoms with Crippen LogP contribution in [-0.2, 0) is 0 Å². The highest BCUT2D eigenvalue weighted by Crippen LogP contribution is 2.15. The Hall–Kier alpha value is -0.300. The van der Waals surface area contributed by atoms with Gasteiger partial charge in [0.1, 0.15) is 0 Å². The molecule has 0 aromatic rings. The Morgan fingerprint density at radius 2 is 1.91 bits per heavy atom. The van der Waals surface area contributed by atoms with Crippen LogP contribution in [0.2, 0.25) is 0 Å². The van der Waals surface area contributed by atoms with Gasteiger partial charge in [-0.05, 0) is 12.3 Å². The van der Waals surface area contributed by atoms with Gasteiger partial charge in [0, 0.05) is 10.7 Å². The predicted molar refractivity (Wildman–Crippen MR) is 52.4 cm³/mol. The van der Waals surface area contributed by atoms with E-state index in [1.165, 1.54) is 0 Å². The highest BCUT2D eigenvalue weighted by molar-refractivity contribution is 6.29. The topological polar surface area (TPSA) is 12.4 Å². The minimum Gasteiger partial charge on any atom is -0.288 e. The van der Waals surface area contributed by atoms with Crippen LogP contribution >= 0.6 is 11.6 Å². The van der Waals surface area contributed by atoms with E-state index in [0.717, 1.165) is 5.71 Å². The molecular weight excluding hydrogens is 158 g/mol. The zero-order valence-corrected chi connectivity index (χ0v) is 8.50. The van der Waals surface area contributed by atoms with Crippen LogP contribution in [0.1, 0.15) is 27.7 Å².